The summed E-state index contributed by atoms with van der Waals surface area (Å²) < 4.78 is 43.3. The van der Waals surface area contributed by atoms with Gasteiger partial charge in [-0.3, -0.25) is 4.79 Å². The Bertz CT molecular complexity index is 1410. The quantitative estimate of drug-likeness (QED) is 0.332. The van der Waals surface area contributed by atoms with Crippen LogP contribution in [-0.4, -0.2) is 22.8 Å². The minimum atomic E-state index is -0.867. The van der Waals surface area contributed by atoms with Gasteiger partial charge in [0.05, 0.1) is 12.0 Å². The molecular weight excluding hydrogens is 545 g/mol. The lowest BCUT2D eigenvalue weighted by Gasteiger charge is -2.31. The van der Waals surface area contributed by atoms with Gasteiger partial charge >= 0.3 is 12.1 Å². The number of alkyl carbamates (subject to hydrolysis) is 1. The summed E-state index contributed by atoms with van der Waals surface area (Å²) in [6.45, 7) is 5.42. The van der Waals surface area contributed by atoms with Crippen molar-refractivity contribution in [2.24, 2.45) is 5.73 Å². The molecule has 40 heavy (non-hydrogen) atoms. The molecule has 0 saturated carbocycles. The number of ether oxygens (including phenoxy) is 1. The Morgan fingerprint density at radius 2 is 1.30 bits per heavy atom. The zero-order chi connectivity index (χ0) is 28.5. The van der Waals surface area contributed by atoms with Crippen LogP contribution in [0.25, 0.3) is 0 Å². The van der Waals surface area contributed by atoms with E-state index in [1.54, 1.807) is 39.0 Å². The van der Waals surface area contributed by atoms with E-state index < -0.39 is 23.6 Å². The fourth-order valence-electron chi connectivity index (χ4n) is 4.66. The SMILES string of the molecule is CC(C)(C)OC(=O)NC1Cc2ccc(F)cc21.Cl.NC1Cc2ccc(F)cc21.O=C(O)C1Cc2ccc(F)cc21. The Morgan fingerprint density at radius 3 is 1.77 bits per heavy atom. The predicted molar refractivity (Wildman–Crippen MR) is 147 cm³/mol. The second-order valence-corrected chi connectivity index (χ2v) is 10.8. The third-order valence-corrected chi connectivity index (χ3v) is 6.75. The highest BCUT2D eigenvalue weighted by Crippen LogP contribution is 2.36. The van der Waals surface area contributed by atoms with Crippen LogP contribution < -0.4 is 11.1 Å². The molecule has 6 nitrogen and oxygen atoms in total. The average Bonchev–Trinajstić information content (AvgIpc) is 2.81. The summed E-state index contributed by atoms with van der Waals surface area (Å²) >= 11 is 0. The van der Waals surface area contributed by atoms with Crippen molar-refractivity contribution in [3.8, 4) is 0 Å². The van der Waals surface area contributed by atoms with Crippen molar-refractivity contribution < 1.29 is 32.6 Å². The van der Waals surface area contributed by atoms with E-state index in [1.807, 2.05) is 0 Å². The molecule has 0 heterocycles. The standard InChI is InChI=1S/C13H16FNO2.C9H7FO2.C8H8FN.ClH/c1-13(2,3)17-12(16)15-11-6-8-4-5-9(14)7-10(8)11;10-6-2-1-5-3-8(9(11)12)7(5)4-6;9-6-2-1-5-3-8(10)7(5)4-6;/h4-5,7,11H,6H2,1-3H3,(H,15,16);1-2,4,8H,3H2,(H,11,12);1-2,4,8H,3,10H2;1H. The van der Waals surface area contributed by atoms with E-state index in [9.17, 15) is 22.8 Å². The van der Waals surface area contributed by atoms with Gasteiger partial charge in [0.2, 0.25) is 0 Å². The van der Waals surface area contributed by atoms with Crippen LogP contribution in [0.15, 0.2) is 54.6 Å². The molecule has 3 aliphatic carbocycles. The molecule has 214 valence electrons. The topological polar surface area (TPSA) is 102 Å². The summed E-state index contributed by atoms with van der Waals surface area (Å²) in [5.41, 5.74) is 10.7. The van der Waals surface area contributed by atoms with E-state index in [-0.39, 0.29) is 41.9 Å². The number of carboxylic acid groups (broad SMARTS) is 1. The molecule has 0 spiro atoms. The smallest absolute Gasteiger partial charge is 0.408 e. The average molecular weight is 577 g/mol. The number of fused-ring (bicyclic) bond motifs is 3. The first kappa shape index (κ1) is 31.0. The molecule has 3 aliphatic rings. The Kier molecular flexibility index (Phi) is 9.53. The lowest BCUT2D eigenvalue weighted by Crippen LogP contribution is -2.39. The van der Waals surface area contributed by atoms with Crippen LogP contribution in [0, 0.1) is 17.5 Å². The number of hydrogen-bond donors (Lipinski definition) is 3. The van der Waals surface area contributed by atoms with E-state index in [1.165, 1.54) is 42.0 Å². The molecule has 3 aromatic rings. The first-order valence-electron chi connectivity index (χ1n) is 12.6. The van der Waals surface area contributed by atoms with Crippen LogP contribution in [-0.2, 0) is 28.8 Å². The third-order valence-electron chi connectivity index (χ3n) is 6.75. The minimum Gasteiger partial charge on any atom is -0.481 e. The van der Waals surface area contributed by atoms with Crippen molar-refractivity contribution in [1.82, 2.24) is 5.32 Å². The zero-order valence-electron chi connectivity index (χ0n) is 22.3. The number of amides is 1. The monoisotopic (exact) mass is 576 g/mol. The van der Waals surface area contributed by atoms with E-state index in [4.69, 9.17) is 15.6 Å². The molecule has 0 saturated heterocycles. The molecule has 3 unspecified atom stereocenters. The molecule has 0 radical (unpaired) electrons. The summed E-state index contributed by atoms with van der Waals surface area (Å²) in [5, 5.41) is 11.4. The van der Waals surface area contributed by atoms with Crippen molar-refractivity contribution in [3.63, 3.8) is 0 Å². The van der Waals surface area contributed by atoms with Gasteiger partial charge in [-0.2, -0.15) is 0 Å². The first-order valence-corrected chi connectivity index (χ1v) is 12.6. The maximum atomic E-state index is 13.0. The van der Waals surface area contributed by atoms with Crippen LogP contribution in [0.3, 0.4) is 0 Å². The maximum absolute atomic E-state index is 13.0. The molecule has 10 heteroatoms. The molecular formula is C30H32ClF3N2O4. The first-order chi connectivity index (χ1) is 18.3. The highest BCUT2D eigenvalue weighted by Gasteiger charge is 2.32. The lowest BCUT2D eigenvalue weighted by molar-refractivity contribution is -0.139. The summed E-state index contributed by atoms with van der Waals surface area (Å²) in [5.74, 6) is -2.18. The molecule has 0 aliphatic heterocycles. The van der Waals surface area contributed by atoms with E-state index in [0.717, 1.165) is 35.1 Å². The van der Waals surface area contributed by atoms with Crippen LogP contribution >= 0.6 is 12.4 Å². The summed E-state index contributed by atoms with van der Waals surface area (Å²) in [7, 11) is 0. The van der Waals surface area contributed by atoms with Crippen molar-refractivity contribution in [3.05, 3.63) is 105 Å². The fraction of sp³-hybridized carbons (Fsp3) is 0.333. The van der Waals surface area contributed by atoms with E-state index in [0.29, 0.717) is 12.0 Å². The van der Waals surface area contributed by atoms with Crippen LogP contribution in [0.2, 0.25) is 0 Å². The van der Waals surface area contributed by atoms with Crippen molar-refractivity contribution >= 4 is 24.5 Å². The lowest BCUT2D eigenvalue weighted by atomic mass is 9.78. The fourth-order valence-corrected chi connectivity index (χ4v) is 4.66. The molecule has 4 N–H and O–H groups in total. The maximum Gasteiger partial charge on any atom is 0.408 e. The van der Waals surface area contributed by atoms with Gasteiger partial charge in [-0.05, 0) is 110 Å². The second-order valence-electron chi connectivity index (χ2n) is 10.8. The molecule has 1 amide bonds. The van der Waals surface area contributed by atoms with Gasteiger partial charge in [0, 0.05) is 6.04 Å². The Hall–Kier alpha value is -3.56. The van der Waals surface area contributed by atoms with Gasteiger partial charge in [0.1, 0.15) is 23.1 Å². The van der Waals surface area contributed by atoms with Crippen molar-refractivity contribution in [2.75, 3.05) is 0 Å². The number of halogens is 4. The molecule has 0 aromatic heterocycles. The summed E-state index contributed by atoms with van der Waals surface area (Å²) in [6.07, 6.45) is 1.70. The number of benzene rings is 3. The number of nitrogens with two attached hydrogens (primary N) is 1. The normalized spacial score (nSPS) is 18.9. The van der Waals surface area contributed by atoms with Gasteiger partial charge < -0.3 is 20.9 Å². The molecule has 3 aromatic carbocycles. The van der Waals surface area contributed by atoms with Gasteiger partial charge in [-0.1, -0.05) is 18.2 Å². The second kappa shape index (κ2) is 12.3. The number of carboxylic acids is 1. The highest BCUT2D eigenvalue weighted by atomic mass is 35.5. The van der Waals surface area contributed by atoms with Gasteiger partial charge in [0.25, 0.3) is 0 Å². The number of hydrogen-bond acceptors (Lipinski definition) is 4. The van der Waals surface area contributed by atoms with Crippen LogP contribution in [0.5, 0.6) is 0 Å². The summed E-state index contributed by atoms with van der Waals surface area (Å²) in [6, 6.07) is 13.7. The molecule has 6 rings (SSSR count). The van der Waals surface area contributed by atoms with Gasteiger partial charge in [0.15, 0.2) is 0 Å². The van der Waals surface area contributed by atoms with Crippen LogP contribution in [0.4, 0.5) is 18.0 Å². The van der Waals surface area contributed by atoms with E-state index in [2.05, 4.69) is 5.32 Å². The van der Waals surface area contributed by atoms with Crippen molar-refractivity contribution in [1.29, 1.82) is 0 Å². The van der Waals surface area contributed by atoms with Crippen LogP contribution in [0.1, 0.15) is 72.2 Å². The number of aliphatic carboxylic acids is 1. The number of carbonyl (C=O) groups excluding carboxylic acids is 1. The predicted octanol–water partition coefficient (Wildman–Crippen LogP) is 6.30. The van der Waals surface area contributed by atoms with Crippen molar-refractivity contribution in [2.45, 2.75) is 63.6 Å². The highest BCUT2D eigenvalue weighted by molar-refractivity contribution is 5.85. The molecule has 0 fully saturated rings. The molecule has 0 bridgehead atoms. The largest absolute Gasteiger partial charge is 0.481 e. The molecule has 3 atom stereocenters. The number of nitrogens with one attached hydrogen (secondary N) is 1. The van der Waals surface area contributed by atoms with E-state index >= 15 is 0 Å². The zero-order valence-corrected chi connectivity index (χ0v) is 23.2. The summed E-state index contributed by atoms with van der Waals surface area (Å²) in [4.78, 5) is 22.1. The Balaban J connectivity index is 0.000000169. The minimum absolute atomic E-state index is 0. The number of rotatable bonds is 2. The Morgan fingerprint density at radius 1 is 0.825 bits per heavy atom. The van der Waals surface area contributed by atoms with Gasteiger partial charge in [-0.15, -0.1) is 12.4 Å². The third kappa shape index (κ3) is 7.34. The number of carbonyl (C=O) groups is 2. The Labute approximate surface area is 237 Å². The van der Waals surface area contributed by atoms with Gasteiger partial charge in [-0.25, -0.2) is 18.0 Å².